The number of rotatable bonds is 7. The molecule has 1 aromatic rings. The first-order chi connectivity index (χ1) is 13.2. The number of ether oxygens (including phenoxy) is 1. The van der Waals surface area contributed by atoms with Gasteiger partial charge in [0, 0.05) is 43.5 Å². The maximum absolute atomic E-state index is 12.4. The zero-order valence-electron chi connectivity index (χ0n) is 17.3. The molecule has 2 N–H and O–H groups in total. The second kappa shape index (κ2) is 11.8. The van der Waals surface area contributed by atoms with Crippen molar-refractivity contribution in [1.82, 2.24) is 20.5 Å². The molecule has 1 aliphatic rings. The summed E-state index contributed by atoms with van der Waals surface area (Å²) < 4.78 is 42.1. The van der Waals surface area contributed by atoms with Crippen molar-refractivity contribution in [2.24, 2.45) is 10.9 Å². The van der Waals surface area contributed by atoms with Crippen molar-refractivity contribution in [1.29, 1.82) is 0 Å². The highest BCUT2D eigenvalue weighted by Crippen LogP contribution is 2.21. The highest BCUT2D eigenvalue weighted by molar-refractivity contribution is 14.0. The van der Waals surface area contributed by atoms with Crippen molar-refractivity contribution in [3.05, 3.63) is 23.9 Å². The normalized spacial score (nSPS) is 20.5. The third kappa shape index (κ3) is 8.53. The molecule has 0 radical (unpaired) electrons. The predicted octanol–water partition coefficient (Wildman–Crippen LogP) is 3.42. The molecule has 2 heterocycles. The Morgan fingerprint density at radius 2 is 2.10 bits per heavy atom. The molecule has 1 aliphatic heterocycles. The van der Waals surface area contributed by atoms with Crippen molar-refractivity contribution >= 4 is 29.9 Å². The molecule has 29 heavy (non-hydrogen) atoms. The SMILES string of the molecule is CCNC(=NCc1cccnc1OCC(F)(F)F)NC1CN(C(C)C)CC1C.I. The average molecular weight is 529 g/mol. The first-order valence-electron chi connectivity index (χ1n) is 9.62. The Hall–Kier alpha value is -1.30. The molecule has 166 valence electrons. The molecule has 2 atom stereocenters. The van der Waals surface area contributed by atoms with Gasteiger partial charge in [-0.25, -0.2) is 9.98 Å². The molecule has 0 bridgehead atoms. The monoisotopic (exact) mass is 529 g/mol. The van der Waals surface area contributed by atoms with Crippen molar-refractivity contribution in [3.63, 3.8) is 0 Å². The van der Waals surface area contributed by atoms with Crippen LogP contribution in [0.15, 0.2) is 23.3 Å². The molecule has 0 aromatic carbocycles. The molecular formula is C19H31F3IN5O. The first kappa shape index (κ1) is 25.7. The lowest BCUT2D eigenvalue weighted by Crippen LogP contribution is -2.46. The number of hydrogen-bond donors (Lipinski definition) is 2. The molecule has 0 aliphatic carbocycles. The standard InChI is InChI=1S/C19H30F3N5O.HI/c1-5-23-18(26-16-11-27(13(2)3)10-14(16)4)25-9-15-7-6-8-24-17(15)28-12-19(20,21)22;/h6-8,13-14,16H,5,9-12H2,1-4H3,(H2,23,25,26);1H. The van der Waals surface area contributed by atoms with Gasteiger partial charge in [0.05, 0.1) is 6.54 Å². The van der Waals surface area contributed by atoms with Crippen LogP contribution < -0.4 is 15.4 Å². The minimum Gasteiger partial charge on any atom is -0.468 e. The smallest absolute Gasteiger partial charge is 0.422 e. The summed E-state index contributed by atoms with van der Waals surface area (Å²) in [6.07, 6.45) is -3.00. The van der Waals surface area contributed by atoms with Crippen LogP contribution in [-0.4, -0.2) is 60.3 Å². The van der Waals surface area contributed by atoms with Crippen LogP contribution in [-0.2, 0) is 6.54 Å². The number of alkyl halides is 3. The van der Waals surface area contributed by atoms with Crippen LogP contribution in [0.1, 0.15) is 33.3 Å². The van der Waals surface area contributed by atoms with Gasteiger partial charge in [0.1, 0.15) is 0 Å². The van der Waals surface area contributed by atoms with E-state index in [2.05, 4.69) is 46.3 Å². The fourth-order valence-electron chi connectivity index (χ4n) is 3.10. The Labute approximate surface area is 187 Å². The van der Waals surface area contributed by atoms with E-state index >= 15 is 0 Å². The van der Waals surface area contributed by atoms with E-state index in [9.17, 15) is 13.2 Å². The number of nitrogens with zero attached hydrogens (tertiary/aromatic N) is 3. The van der Waals surface area contributed by atoms with Crippen LogP contribution in [0.2, 0.25) is 0 Å². The van der Waals surface area contributed by atoms with Gasteiger partial charge in [0.15, 0.2) is 12.6 Å². The molecule has 1 saturated heterocycles. The molecule has 0 spiro atoms. The minimum absolute atomic E-state index is 0. The molecular weight excluding hydrogens is 498 g/mol. The average Bonchev–Trinajstić information content (AvgIpc) is 2.99. The largest absolute Gasteiger partial charge is 0.468 e. The summed E-state index contributed by atoms with van der Waals surface area (Å²) in [7, 11) is 0. The van der Waals surface area contributed by atoms with E-state index < -0.39 is 12.8 Å². The van der Waals surface area contributed by atoms with Gasteiger partial charge in [-0.1, -0.05) is 13.0 Å². The van der Waals surface area contributed by atoms with E-state index in [1.54, 1.807) is 12.1 Å². The molecule has 6 nitrogen and oxygen atoms in total. The maximum Gasteiger partial charge on any atom is 0.422 e. The summed E-state index contributed by atoms with van der Waals surface area (Å²) in [5.41, 5.74) is 0.507. The number of hydrogen-bond acceptors (Lipinski definition) is 4. The number of aromatic nitrogens is 1. The highest BCUT2D eigenvalue weighted by atomic mass is 127. The van der Waals surface area contributed by atoms with Gasteiger partial charge in [-0.3, -0.25) is 4.90 Å². The van der Waals surface area contributed by atoms with Crippen molar-refractivity contribution in [2.75, 3.05) is 26.2 Å². The van der Waals surface area contributed by atoms with E-state index in [0.717, 1.165) is 13.1 Å². The summed E-state index contributed by atoms with van der Waals surface area (Å²) in [4.78, 5) is 10.9. The third-order valence-corrected chi connectivity index (χ3v) is 4.67. The predicted molar refractivity (Wildman–Crippen MR) is 119 cm³/mol. The number of pyridine rings is 1. The summed E-state index contributed by atoms with van der Waals surface area (Å²) in [6, 6.07) is 4.07. The van der Waals surface area contributed by atoms with Crippen molar-refractivity contribution < 1.29 is 17.9 Å². The number of halogens is 4. The number of likely N-dealkylation sites (tertiary alicyclic amines) is 1. The lowest BCUT2D eigenvalue weighted by molar-refractivity contribution is -0.154. The molecule has 0 saturated carbocycles. The van der Waals surface area contributed by atoms with E-state index in [1.165, 1.54) is 6.20 Å². The summed E-state index contributed by atoms with van der Waals surface area (Å²) >= 11 is 0. The molecule has 1 fully saturated rings. The van der Waals surface area contributed by atoms with Gasteiger partial charge in [-0.05, 0) is 32.8 Å². The third-order valence-electron chi connectivity index (χ3n) is 4.67. The summed E-state index contributed by atoms with van der Waals surface area (Å²) in [5, 5.41) is 6.65. The Kier molecular flexibility index (Phi) is 10.4. The van der Waals surface area contributed by atoms with Crippen LogP contribution in [0.3, 0.4) is 0 Å². The number of aliphatic imine (C=N–C) groups is 1. The molecule has 2 rings (SSSR count). The number of nitrogens with one attached hydrogen (secondary N) is 2. The highest BCUT2D eigenvalue weighted by Gasteiger charge is 2.31. The molecule has 10 heteroatoms. The zero-order chi connectivity index (χ0) is 20.7. The fourth-order valence-corrected chi connectivity index (χ4v) is 3.10. The quantitative estimate of drug-likeness (QED) is 0.322. The molecule has 1 aromatic heterocycles. The van der Waals surface area contributed by atoms with Crippen LogP contribution in [0.4, 0.5) is 13.2 Å². The first-order valence-corrected chi connectivity index (χ1v) is 9.62. The Morgan fingerprint density at radius 3 is 2.69 bits per heavy atom. The van der Waals surface area contributed by atoms with Crippen LogP contribution >= 0.6 is 24.0 Å². The second-order valence-corrected chi connectivity index (χ2v) is 7.34. The van der Waals surface area contributed by atoms with E-state index in [-0.39, 0.29) is 42.4 Å². The van der Waals surface area contributed by atoms with E-state index in [4.69, 9.17) is 4.74 Å². The van der Waals surface area contributed by atoms with Crippen molar-refractivity contribution in [2.45, 2.75) is 52.5 Å². The van der Waals surface area contributed by atoms with E-state index in [0.29, 0.717) is 30.0 Å². The zero-order valence-corrected chi connectivity index (χ0v) is 19.6. The molecule has 0 amide bonds. The van der Waals surface area contributed by atoms with Crippen LogP contribution in [0.25, 0.3) is 0 Å². The summed E-state index contributed by atoms with van der Waals surface area (Å²) in [5.74, 6) is 1.06. The van der Waals surface area contributed by atoms with Gasteiger partial charge in [0.2, 0.25) is 5.88 Å². The van der Waals surface area contributed by atoms with Crippen molar-refractivity contribution in [3.8, 4) is 5.88 Å². The number of guanidine groups is 1. The van der Waals surface area contributed by atoms with Gasteiger partial charge in [-0.15, -0.1) is 24.0 Å². The summed E-state index contributed by atoms with van der Waals surface area (Å²) in [6.45, 7) is 9.97. The van der Waals surface area contributed by atoms with E-state index in [1.807, 2.05) is 6.92 Å². The Bertz CT molecular complexity index is 657. The van der Waals surface area contributed by atoms with Gasteiger partial charge < -0.3 is 15.4 Å². The van der Waals surface area contributed by atoms with Gasteiger partial charge in [-0.2, -0.15) is 13.2 Å². The Morgan fingerprint density at radius 1 is 1.38 bits per heavy atom. The maximum atomic E-state index is 12.4. The van der Waals surface area contributed by atoms with Crippen LogP contribution in [0.5, 0.6) is 5.88 Å². The minimum atomic E-state index is -4.41. The van der Waals surface area contributed by atoms with Gasteiger partial charge >= 0.3 is 6.18 Å². The lowest BCUT2D eigenvalue weighted by Gasteiger charge is -2.22. The topological polar surface area (TPSA) is 61.8 Å². The molecule has 2 unspecified atom stereocenters. The van der Waals surface area contributed by atoms with Gasteiger partial charge in [0.25, 0.3) is 0 Å². The lowest BCUT2D eigenvalue weighted by atomic mass is 10.1. The van der Waals surface area contributed by atoms with Crippen LogP contribution in [0, 0.1) is 5.92 Å². The Balaban J connectivity index is 0.00000420. The fraction of sp³-hybridized carbons (Fsp3) is 0.684. The second-order valence-electron chi connectivity index (χ2n) is 7.34.